The maximum Gasteiger partial charge on any atom is 0.325 e. The van der Waals surface area contributed by atoms with Gasteiger partial charge in [0.15, 0.2) is 0 Å². The number of ether oxygens (including phenoxy) is 1. The molecule has 1 aliphatic rings. The fourth-order valence-corrected chi connectivity index (χ4v) is 3.64. The zero-order valence-electron chi connectivity index (χ0n) is 13.3. The molecule has 0 radical (unpaired) electrons. The molecule has 0 unspecified atom stereocenters. The second-order valence-electron chi connectivity index (χ2n) is 5.76. The van der Waals surface area contributed by atoms with E-state index in [-0.39, 0.29) is 29.1 Å². The largest absolute Gasteiger partial charge is 0.462 e. The lowest BCUT2D eigenvalue weighted by Gasteiger charge is -2.11. The minimum atomic E-state index is -3.66. The molecule has 0 atom stereocenters. The van der Waals surface area contributed by atoms with Crippen LogP contribution in [0, 0.1) is 0 Å². The molecule has 1 aromatic rings. The van der Waals surface area contributed by atoms with Gasteiger partial charge < -0.3 is 10.1 Å². The summed E-state index contributed by atoms with van der Waals surface area (Å²) in [6, 6.07) is 4.15. The van der Waals surface area contributed by atoms with Crippen molar-refractivity contribution < 1.29 is 22.7 Å². The van der Waals surface area contributed by atoms with E-state index in [1.54, 1.807) is 13.8 Å². The van der Waals surface area contributed by atoms with E-state index in [4.69, 9.17) is 4.74 Å². The van der Waals surface area contributed by atoms with Gasteiger partial charge in [-0.1, -0.05) is 0 Å². The van der Waals surface area contributed by atoms with E-state index in [2.05, 4.69) is 26.0 Å². The van der Waals surface area contributed by atoms with Crippen LogP contribution in [0.1, 0.15) is 37.0 Å². The standard InChI is InChI=1S/C15H19BrN2O5S/c1-9(2)23-14(19)8-17-15(20)12-7-11(5-6-13(12)16)24(21,22)18-10-3-4-10/h5-7,9-10,18H,3-4,8H2,1-2H3,(H,17,20). The summed E-state index contributed by atoms with van der Waals surface area (Å²) in [6.45, 7) is 3.12. The Labute approximate surface area is 149 Å². The molecule has 9 heteroatoms. The molecule has 2 N–H and O–H groups in total. The lowest BCUT2D eigenvalue weighted by molar-refractivity contribution is -0.146. The molecule has 1 amide bonds. The van der Waals surface area contributed by atoms with Crippen molar-refractivity contribution in [1.82, 2.24) is 10.0 Å². The molecule has 1 aromatic carbocycles. The second-order valence-corrected chi connectivity index (χ2v) is 8.33. The molecule has 1 aliphatic carbocycles. The van der Waals surface area contributed by atoms with Crippen molar-refractivity contribution in [2.24, 2.45) is 0 Å². The molecule has 0 aliphatic heterocycles. The molecule has 0 heterocycles. The lowest BCUT2D eigenvalue weighted by Crippen LogP contribution is -2.32. The first-order valence-corrected chi connectivity index (χ1v) is 9.76. The van der Waals surface area contributed by atoms with E-state index >= 15 is 0 Å². The minimum absolute atomic E-state index is 0.00695. The summed E-state index contributed by atoms with van der Waals surface area (Å²) in [7, 11) is -3.66. The number of halogens is 1. The number of hydrogen-bond acceptors (Lipinski definition) is 5. The topological polar surface area (TPSA) is 102 Å². The third kappa shape index (κ3) is 5.29. The summed E-state index contributed by atoms with van der Waals surface area (Å²) in [4.78, 5) is 23.7. The zero-order valence-corrected chi connectivity index (χ0v) is 15.7. The van der Waals surface area contributed by atoms with Crippen LogP contribution in [0.5, 0.6) is 0 Å². The highest BCUT2D eigenvalue weighted by Gasteiger charge is 2.28. The number of esters is 1. The number of nitrogens with one attached hydrogen (secondary N) is 2. The van der Waals surface area contributed by atoms with Gasteiger partial charge in [0.2, 0.25) is 10.0 Å². The molecule has 0 saturated heterocycles. The van der Waals surface area contributed by atoms with E-state index in [9.17, 15) is 18.0 Å². The molecule has 24 heavy (non-hydrogen) atoms. The molecule has 0 aromatic heterocycles. The summed E-state index contributed by atoms with van der Waals surface area (Å²) < 4.78 is 32.4. The predicted molar refractivity (Wildman–Crippen MR) is 91.0 cm³/mol. The van der Waals surface area contributed by atoms with Gasteiger partial charge >= 0.3 is 5.97 Å². The van der Waals surface area contributed by atoms with Gasteiger partial charge in [0, 0.05) is 10.5 Å². The summed E-state index contributed by atoms with van der Waals surface area (Å²) in [6.07, 6.45) is 1.37. The van der Waals surface area contributed by atoms with Crippen LogP contribution in [0.25, 0.3) is 0 Å². The van der Waals surface area contributed by atoms with Crippen LogP contribution < -0.4 is 10.0 Å². The Kier molecular flexibility index (Phi) is 6.00. The minimum Gasteiger partial charge on any atom is -0.462 e. The quantitative estimate of drug-likeness (QED) is 0.654. The molecule has 1 saturated carbocycles. The first-order chi connectivity index (χ1) is 11.2. The third-order valence-electron chi connectivity index (χ3n) is 3.15. The van der Waals surface area contributed by atoms with Gasteiger partial charge in [0.05, 0.1) is 16.6 Å². The van der Waals surface area contributed by atoms with Crippen molar-refractivity contribution in [2.45, 2.75) is 43.7 Å². The maximum absolute atomic E-state index is 12.2. The number of sulfonamides is 1. The van der Waals surface area contributed by atoms with Gasteiger partial charge in [-0.3, -0.25) is 9.59 Å². The third-order valence-corrected chi connectivity index (χ3v) is 5.36. The van der Waals surface area contributed by atoms with Crippen molar-refractivity contribution in [3.8, 4) is 0 Å². The Bertz CT molecular complexity index is 744. The van der Waals surface area contributed by atoms with Crippen molar-refractivity contribution in [1.29, 1.82) is 0 Å². The number of rotatable bonds is 7. The van der Waals surface area contributed by atoms with Gasteiger partial charge in [-0.25, -0.2) is 13.1 Å². The maximum atomic E-state index is 12.2. The normalized spacial score (nSPS) is 14.5. The fourth-order valence-electron chi connectivity index (χ4n) is 1.89. The molecule has 0 bridgehead atoms. The molecule has 2 rings (SSSR count). The van der Waals surface area contributed by atoms with Gasteiger partial charge in [0.1, 0.15) is 6.54 Å². The fraction of sp³-hybridized carbons (Fsp3) is 0.467. The second kappa shape index (κ2) is 7.62. The van der Waals surface area contributed by atoms with Crippen molar-refractivity contribution >= 4 is 37.8 Å². The van der Waals surface area contributed by atoms with Crippen LogP contribution in [0.2, 0.25) is 0 Å². The number of amides is 1. The van der Waals surface area contributed by atoms with Gasteiger partial charge in [-0.05, 0) is 60.8 Å². The Morgan fingerprint density at radius 2 is 2.00 bits per heavy atom. The van der Waals surface area contributed by atoms with Crippen LogP contribution in [0.3, 0.4) is 0 Å². The van der Waals surface area contributed by atoms with Crippen LogP contribution in [0.4, 0.5) is 0 Å². The molecule has 0 spiro atoms. The number of hydrogen-bond donors (Lipinski definition) is 2. The van der Waals surface area contributed by atoms with Crippen LogP contribution in [0.15, 0.2) is 27.6 Å². The first-order valence-electron chi connectivity index (χ1n) is 7.48. The molecule has 7 nitrogen and oxygen atoms in total. The highest BCUT2D eigenvalue weighted by atomic mass is 79.9. The lowest BCUT2D eigenvalue weighted by atomic mass is 10.2. The van der Waals surface area contributed by atoms with Gasteiger partial charge in [0.25, 0.3) is 5.91 Å². The molecule has 132 valence electrons. The number of carbonyl (C=O) groups excluding carboxylic acids is 2. The van der Waals surface area contributed by atoms with E-state index < -0.39 is 21.9 Å². The number of benzene rings is 1. The van der Waals surface area contributed by atoms with Crippen molar-refractivity contribution in [3.05, 3.63) is 28.2 Å². The van der Waals surface area contributed by atoms with E-state index in [1.807, 2.05) is 0 Å². The van der Waals surface area contributed by atoms with Crippen molar-refractivity contribution in [3.63, 3.8) is 0 Å². The highest BCUT2D eigenvalue weighted by Crippen LogP contribution is 2.25. The molecule has 1 fully saturated rings. The Morgan fingerprint density at radius 1 is 1.33 bits per heavy atom. The van der Waals surface area contributed by atoms with Crippen LogP contribution in [-0.2, 0) is 19.6 Å². The first kappa shape index (κ1) is 18.9. The highest BCUT2D eigenvalue weighted by molar-refractivity contribution is 9.10. The summed E-state index contributed by atoms with van der Waals surface area (Å²) in [5, 5.41) is 2.42. The SMILES string of the molecule is CC(C)OC(=O)CNC(=O)c1cc(S(=O)(=O)NC2CC2)ccc1Br. The Hall–Kier alpha value is -1.45. The number of carbonyl (C=O) groups is 2. The van der Waals surface area contributed by atoms with Crippen LogP contribution >= 0.6 is 15.9 Å². The Balaban J connectivity index is 2.10. The molecular formula is C15H19BrN2O5S. The van der Waals surface area contributed by atoms with E-state index in [0.29, 0.717) is 4.47 Å². The van der Waals surface area contributed by atoms with Gasteiger partial charge in [-0.15, -0.1) is 0 Å². The smallest absolute Gasteiger partial charge is 0.325 e. The average Bonchev–Trinajstić information content (AvgIpc) is 3.27. The zero-order chi connectivity index (χ0) is 17.9. The summed E-state index contributed by atoms with van der Waals surface area (Å²) >= 11 is 3.22. The summed E-state index contributed by atoms with van der Waals surface area (Å²) in [5.74, 6) is -1.13. The molecular weight excluding hydrogens is 400 g/mol. The van der Waals surface area contributed by atoms with Crippen LogP contribution in [-0.4, -0.2) is 39.0 Å². The average molecular weight is 419 g/mol. The predicted octanol–water partition coefficient (Wildman–Crippen LogP) is 1.57. The monoisotopic (exact) mass is 418 g/mol. The van der Waals surface area contributed by atoms with E-state index in [0.717, 1.165) is 12.8 Å². The van der Waals surface area contributed by atoms with E-state index in [1.165, 1.54) is 18.2 Å². The van der Waals surface area contributed by atoms with Gasteiger partial charge in [-0.2, -0.15) is 0 Å². The Morgan fingerprint density at radius 3 is 2.58 bits per heavy atom. The van der Waals surface area contributed by atoms with Crippen molar-refractivity contribution in [2.75, 3.05) is 6.54 Å². The summed E-state index contributed by atoms with van der Waals surface area (Å²) in [5.41, 5.74) is 0.131.